The zero-order chi connectivity index (χ0) is 14.8. The second-order valence-electron chi connectivity index (χ2n) is 5.48. The molecule has 6 nitrogen and oxygen atoms in total. The maximum absolute atomic E-state index is 12.2. The molecule has 0 radical (unpaired) electrons. The first-order chi connectivity index (χ1) is 9.47. The smallest absolute Gasteiger partial charge is 0.154 e. The van der Waals surface area contributed by atoms with E-state index in [1.54, 1.807) is 0 Å². The minimum Gasteiger partial charge on any atom is -0.272 e. The normalized spacial score (nSPS) is 23.6. The number of rotatable bonds is 5. The van der Waals surface area contributed by atoms with Crippen LogP contribution in [-0.2, 0) is 29.7 Å². The topological polar surface area (TPSA) is 90.0 Å². The number of nitrogens with one attached hydrogen (secondary N) is 1. The molecule has 2 unspecified atom stereocenters. The first-order valence-corrected chi connectivity index (χ1v) is 8.89. The second kappa shape index (κ2) is 6.24. The van der Waals surface area contributed by atoms with Crippen molar-refractivity contribution in [3.63, 3.8) is 0 Å². The monoisotopic (exact) mass is 300 g/mol. The molecule has 0 aromatic carbocycles. The second-order valence-corrected chi connectivity index (χ2v) is 7.82. The highest BCUT2D eigenvalue weighted by Gasteiger charge is 2.35. The van der Waals surface area contributed by atoms with Crippen LogP contribution in [0.5, 0.6) is 0 Å². The van der Waals surface area contributed by atoms with Crippen LogP contribution >= 0.6 is 0 Å². The predicted molar refractivity (Wildman–Crippen MR) is 78.8 cm³/mol. The first-order valence-electron chi connectivity index (χ1n) is 7.17. The number of nitrogens with two attached hydrogens (primary N) is 1. The molecule has 0 saturated carbocycles. The van der Waals surface area contributed by atoms with E-state index in [0.717, 1.165) is 30.7 Å². The summed E-state index contributed by atoms with van der Waals surface area (Å²) in [6.45, 7) is 2.05. The van der Waals surface area contributed by atoms with Crippen LogP contribution in [0, 0.1) is 0 Å². The molecule has 0 aliphatic carbocycles. The van der Waals surface area contributed by atoms with Gasteiger partial charge in [0.05, 0.1) is 16.7 Å². The van der Waals surface area contributed by atoms with Gasteiger partial charge in [-0.3, -0.25) is 16.0 Å². The summed E-state index contributed by atoms with van der Waals surface area (Å²) in [7, 11) is -1.15. The Kier molecular flexibility index (Phi) is 4.82. The maximum atomic E-state index is 12.2. The third-order valence-corrected chi connectivity index (χ3v) is 6.45. The lowest BCUT2D eigenvalue weighted by molar-refractivity contribution is 0.433. The Morgan fingerprint density at radius 1 is 1.55 bits per heavy atom. The van der Waals surface area contributed by atoms with Crippen LogP contribution in [0.25, 0.3) is 0 Å². The summed E-state index contributed by atoms with van der Waals surface area (Å²) in [5, 5.41) is 4.01. The fourth-order valence-corrected chi connectivity index (χ4v) is 5.00. The molecule has 7 heteroatoms. The highest BCUT2D eigenvalue weighted by atomic mass is 32.2. The summed E-state index contributed by atoms with van der Waals surface area (Å²) >= 11 is 0. The summed E-state index contributed by atoms with van der Waals surface area (Å²) < 4.78 is 26.2. The summed E-state index contributed by atoms with van der Waals surface area (Å²) in [5.41, 5.74) is 4.75. The van der Waals surface area contributed by atoms with E-state index < -0.39 is 9.84 Å². The lowest BCUT2D eigenvalue weighted by Gasteiger charge is -2.29. The van der Waals surface area contributed by atoms with Gasteiger partial charge in [0.2, 0.25) is 0 Å². The molecule has 1 fully saturated rings. The average molecular weight is 300 g/mol. The Balaban J connectivity index is 2.17. The van der Waals surface area contributed by atoms with Gasteiger partial charge >= 0.3 is 0 Å². The molecule has 2 atom stereocenters. The van der Waals surface area contributed by atoms with Gasteiger partial charge in [-0.2, -0.15) is 5.10 Å². The largest absolute Gasteiger partial charge is 0.272 e. The molecule has 3 N–H and O–H groups in total. The zero-order valence-electron chi connectivity index (χ0n) is 12.2. The molecular formula is C13H24N4O2S. The van der Waals surface area contributed by atoms with E-state index >= 15 is 0 Å². The molecule has 1 aromatic heterocycles. The van der Waals surface area contributed by atoms with Crippen molar-refractivity contribution in [3.8, 4) is 0 Å². The van der Waals surface area contributed by atoms with Crippen LogP contribution in [0.3, 0.4) is 0 Å². The number of nitrogens with zero attached hydrogens (tertiary/aromatic N) is 2. The van der Waals surface area contributed by atoms with Crippen LogP contribution in [-0.4, -0.2) is 35.2 Å². The van der Waals surface area contributed by atoms with Crippen molar-refractivity contribution in [2.45, 2.75) is 50.3 Å². The van der Waals surface area contributed by atoms with Crippen LogP contribution in [0.1, 0.15) is 37.6 Å². The van der Waals surface area contributed by atoms with E-state index in [4.69, 9.17) is 5.84 Å². The quantitative estimate of drug-likeness (QED) is 0.604. The first kappa shape index (κ1) is 15.5. The lowest BCUT2D eigenvalue weighted by atomic mass is 10.0. The van der Waals surface area contributed by atoms with Gasteiger partial charge in [0.15, 0.2) is 9.84 Å². The predicted octanol–water partition coefficient (Wildman–Crippen LogP) is 0.324. The van der Waals surface area contributed by atoms with Gasteiger partial charge < -0.3 is 0 Å². The van der Waals surface area contributed by atoms with Crippen molar-refractivity contribution >= 4 is 9.84 Å². The Labute approximate surface area is 120 Å². The number of hydrogen-bond acceptors (Lipinski definition) is 5. The number of aromatic nitrogens is 2. The van der Waals surface area contributed by atoms with Crippen LogP contribution in [0.15, 0.2) is 6.07 Å². The van der Waals surface area contributed by atoms with Crippen molar-refractivity contribution < 1.29 is 8.42 Å². The standard InChI is InChI=1S/C13H24N4O2S/c1-3-10-8-11(17(2)16-10)9-12(15-14)13-6-4-5-7-20(13,18)19/h8,12-13,15H,3-7,9,14H2,1-2H3. The lowest BCUT2D eigenvalue weighted by Crippen LogP contribution is -2.50. The molecule has 0 amide bonds. The van der Waals surface area contributed by atoms with Gasteiger partial charge in [-0.15, -0.1) is 0 Å². The summed E-state index contributed by atoms with van der Waals surface area (Å²) in [5.74, 6) is 5.90. The van der Waals surface area contributed by atoms with E-state index in [1.807, 2.05) is 17.8 Å². The summed E-state index contributed by atoms with van der Waals surface area (Å²) in [4.78, 5) is 0. The minimum atomic E-state index is -3.04. The van der Waals surface area contributed by atoms with E-state index in [9.17, 15) is 8.42 Å². The fourth-order valence-electron chi connectivity index (χ4n) is 2.89. The molecule has 2 rings (SSSR count). The number of hydrogen-bond donors (Lipinski definition) is 2. The van der Waals surface area contributed by atoms with E-state index in [0.29, 0.717) is 12.8 Å². The average Bonchev–Trinajstić information content (AvgIpc) is 2.77. The summed E-state index contributed by atoms with van der Waals surface area (Å²) in [6, 6.07) is 1.78. The highest BCUT2D eigenvalue weighted by molar-refractivity contribution is 7.92. The van der Waals surface area contributed by atoms with Gasteiger partial charge in [-0.1, -0.05) is 13.3 Å². The molecule has 1 saturated heterocycles. The highest BCUT2D eigenvalue weighted by Crippen LogP contribution is 2.24. The molecule has 1 aliphatic rings. The number of hydrazine groups is 1. The number of aryl methyl sites for hydroxylation is 2. The van der Waals surface area contributed by atoms with Crippen molar-refractivity contribution in [3.05, 3.63) is 17.5 Å². The third-order valence-electron chi connectivity index (χ3n) is 4.11. The Morgan fingerprint density at radius 2 is 2.30 bits per heavy atom. The molecule has 114 valence electrons. The SMILES string of the molecule is CCc1cc(CC(NN)C2CCCCS2(=O)=O)n(C)n1. The van der Waals surface area contributed by atoms with Crippen LogP contribution < -0.4 is 11.3 Å². The van der Waals surface area contributed by atoms with E-state index in [2.05, 4.69) is 17.4 Å². The van der Waals surface area contributed by atoms with Gasteiger partial charge in [0, 0.05) is 25.2 Å². The maximum Gasteiger partial charge on any atom is 0.154 e. The van der Waals surface area contributed by atoms with Crippen LogP contribution in [0.2, 0.25) is 0 Å². The fraction of sp³-hybridized carbons (Fsp3) is 0.769. The van der Waals surface area contributed by atoms with Crippen molar-refractivity contribution in [2.24, 2.45) is 12.9 Å². The Hall–Kier alpha value is -0.920. The molecule has 20 heavy (non-hydrogen) atoms. The Morgan fingerprint density at radius 3 is 2.85 bits per heavy atom. The van der Waals surface area contributed by atoms with E-state index in [1.165, 1.54) is 0 Å². The minimum absolute atomic E-state index is 0.250. The van der Waals surface area contributed by atoms with E-state index in [-0.39, 0.29) is 17.0 Å². The molecule has 0 spiro atoms. The van der Waals surface area contributed by atoms with Gasteiger partial charge in [-0.05, 0) is 25.3 Å². The van der Waals surface area contributed by atoms with Crippen molar-refractivity contribution in [2.75, 3.05) is 5.75 Å². The molecule has 1 aromatic rings. The third kappa shape index (κ3) is 3.21. The van der Waals surface area contributed by atoms with Crippen molar-refractivity contribution in [1.29, 1.82) is 0 Å². The molecule has 2 heterocycles. The van der Waals surface area contributed by atoms with Crippen LogP contribution in [0.4, 0.5) is 0 Å². The molecule has 1 aliphatic heterocycles. The summed E-state index contributed by atoms with van der Waals surface area (Å²) in [6.07, 6.45) is 3.87. The molecule has 0 bridgehead atoms. The zero-order valence-corrected chi connectivity index (χ0v) is 13.0. The van der Waals surface area contributed by atoms with Crippen molar-refractivity contribution in [1.82, 2.24) is 15.2 Å². The Bertz CT molecular complexity index is 553. The van der Waals surface area contributed by atoms with Gasteiger partial charge in [0.1, 0.15) is 0 Å². The van der Waals surface area contributed by atoms with Gasteiger partial charge in [0.25, 0.3) is 0 Å². The van der Waals surface area contributed by atoms with Gasteiger partial charge in [-0.25, -0.2) is 8.42 Å². The number of sulfone groups is 1. The molecular weight excluding hydrogens is 276 g/mol.